The van der Waals surface area contributed by atoms with Crippen LogP contribution >= 0.6 is 0 Å². The van der Waals surface area contributed by atoms with Gasteiger partial charge in [-0.15, -0.1) is 5.10 Å². The number of carbonyl (C=O) groups excluding carboxylic acids is 1. The number of para-hydroxylation sites is 1. The SMILES string of the molecule is O=C(NCc1ccccc1-n1ccnn1)c1nc2n(c(=O)c1O)CCCOC21CCOCC1. The summed E-state index contributed by atoms with van der Waals surface area (Å²) in [5, 5.41) is 21.1. The first-order valence-corrected chi connectivity index (χ1v) is 10.9. The van der Waals surface area contributed by atoms with Crippen LogP contribution in [-0.2, 0) is 28.2 Å². The molecule has 11 heteroatoms. The first kappa shape index (κ1) is 21.3. The number of fused-ring (bicyclic) bond motifs is 2. The fraction of sp³-hybridized carbons (Fsp3) is 0.409. The largest absolute Gasteiger partial charge is 0.501 e. The third kappa shape index (κ3) is 3.89. The molecule has 1 aromatic carbocycles. The van der Waals surface area contributed by atoms with Crippen LogP contribution in [0.3, 0.4) is 0 Å². The van der Waals surface area contributed by atoms with E-state index >= 15 is 0 Å². The van der Waals surface area contributed by atoms with Crippen LogP contribution in [0.25, 0.3) is 5.69 Å². The second-order valence-corrected chi connectivity index (χ2v) is 8.06. The Balaban J connectivity index is 1.46. The normalized spacial score (nSPS) is 17.3. The second-order valence-electron chi connectivity index (χ2n) is 8.06. The third-order valence-corrected chi connectivity index (χ3v) is 6.07. The highest BCUT2D eigenvalue weighted by atomic mass is 16.5. The molecule has 2 N–H and O–H groups in total. The average molecular weight is 452 g/mol. The quantitative estimate of drug-likeness (QED) is 0.596. The van der Waals surface area contributed by atoms with Gasteiger partial charge in [-0.1, -0.05) is 23.4 Å². The van der Waals surface area contributed by atoms with Crippen molar-refractivity contribution in [3.05, 3.63) is 64.1 Å². The number of hydrogen-bond acceptors (Lipinski definition) is 8. The van der Waals surface area contributed by atoms with Gasteiger partial charge in [0.15, 0.2) is 5.69 Å². The molecule has 33 heavy (non-hydrogen) atoms. The molecule has 2 aliphatic heterocycles. The number of aromatic hydroxyl groups is 1. The van der Waals surface area contributed by atoms with E-state index in [2.05, 4.69) is 20.6 Å². The van der Waals surface area contributed by atoms with Gasteiger partial charge >= 0.3 is 0 Å². The molecule has 11 nitrogen and oxygen atoms in total. The van der Waals surface area contributed by atoms with Gasteiger partial charge < -0.3 is 19.9 Å². The molecule has 4 heterocycles. The van der Waals surface area contributed by atoms with Crippen molar-refractivity contribution < 1.29 is 19.4 Å². The van der Waals surface area contributed by atoms with Crippen molar-refractivity contribution >= 4 is 5.91 Å². The number of benzene rings is 1. The predicted octanol–water partition coefficient (Wildman–Crippen LogP) is 0.886. The maximum atomic E-state index is 13.0. The van der Waals surface area contributed by atoms with Crippen LogP contribution in [0, 0.1) is 0 Å². The Labute approximate surface area is 189 Å². The number of ether oxygens (including phenoxy) is 2. The maximum Gasteiger partial charge on any atom is 0.296 e. The maximum absolute atomic E-state index is 13.0. The van der Waals surface area contributed by atoms with Crippen molar-refractivity contribution in [2.75, 3.05) is 19.8 Å². The standard InChI is InChI=1S/C22H24N6O5/c29-18-17(19(30)23-14-15-4-1-2-5-16(15)28-10-8-24-26-28)25-21-22(6-12-32-13-7-22)33-11-3-9-27(21)20(18)31/h1-2,4-5,8,10,29H,3,6-7,9,11-14H2,(H,23,30). The number of aromatic nitrogens is 5. The van der Waals surface area contributed by atoms with Crippen LogP contribution in [-0.4, -0.2) is 55.4 Å². The van der Waals surface area contributed by atoms with Gasteiger partial charge in [-0.05, 0) is 18.1 Å². The van der Waals surface area contributed by atoms with Gasteiger partial charge in [0.25, 0.3) is 11.5 Å². The van der Waals surface area contributed by atoms with E-state index in [-0.39, 0.29) is 12.2 Å². The van der Waals surface area contributed by atoms with Crippen molar-refractivity contribution in [2.45, 2.75) is 38.0 Å². The Kier molecular flexibility index (Phi) is 5.65. The summed E-state index contributed by atoms with van der Waals surface area (Å²) in [6, 6.07) is 7.41. The number of nitrogens with one attached hydrogen (secondary N) is 1. The highest BCUT2D eigenvalue weighted by Gasteiger charge is 2.42. The minimum absolute atomic E-state index is 0.143. The molecule has 0 radical (unpaired) electrons. The Bertz CT molecular complexity index is 1220. The van der Waals surface area contributed by atoms with Crippen molar-refractivity contribution in [1.82, 2.24) is 29.9 Å². The molecule has 172 valence electrons. The van der Waals surface area contributed by atoms with Crippen molar-refractivity contribution in [3.8, 4) is 11.4 Å². The minimum Gasteiger partial charge on any atom is -0.501 e. The second kappa shape index (κ2) is 8.75. The fourth-order valence-corrected chi connectivity index (χ4v) is 4.36. The zero-order valence-corrected chi connectivity index (χ0v) is 17.9. The molecule has 1 amide bonds. The Hall–Kier alpha value is -3.57. The van der Waals surface area contributed by atoms with E-state index in [1.807, 2.05) is 24.3 Å². The molecule has 0 unspecified atom stereocenters. The number of amides is 1. The third-order valence-electron chi connectivity index (χ3n) is 6.07. The summed E-state index contributed by atoms with van der Waals surface area (Å²) in [5.41, 5.74) is -0.211. The fourth-order valence-electron chi connectivity index (χ4n) is 4.36. The van der Waals surface area contributed by atoms with E-state index in [0.717, 1.165) is 11.3 Å². The molecule has 5 rings (SSSR count). The highest BCUT2D eigenvalue weighted by molar-refractivity contribution is 5.94. The van der Waals surface area contributed by atoms with Gasteiger partial charge in [0, 0.05) is 45.8 Å². The molecule has 1 saturated heterocycles. The molecular weight excluding hydrogens is 428 g/mol. The predicted molar refractivity (Wildman–Crippen MR) is 115 cm³/mol. The lowest BCUT2D eigenvalue weighted by Crippen LogP contribution is -2.42. The summed E-state index contributed by atoms with van der Waals surface area (Å²) in [6.45, 7) is 1.91. The summed E-state index contributed by atoms with van der Waals surface area (Å²) in [5.74, 6) is -0.933. The average Bonchev–Trinajstić information content (AvgIpc) is 3.32. The minimum atomic E-state index is -0.809. The molecule has 1 spiro atoms. The summed E-state index contributed by atoms with van der Waals surface area (Å²) >= 11 is 0. The van der Waals surface area contributed by atoms with Gasteiger partial charge in [-0.25, -0.2) is 9.67 Å². The summed E-state index contributed by atoms with van der Waals surface area (Å²) < 4.78 is 14.7. The van der Waals surface area contributed by atoms with E-state index in [1.165, 1.54) is 4.57 Å². The summed E-state index contributed by atoms with van der Waals surface area (Å²) in [6.07, 6.45) is 4.93. The van der Waals surface area contributed by atoms with Gasteiger partial charge in [0.1, 0.15) is 11.4 Å². The number of rotatable bonds is 4. The van der Waals surface area contributed by atoms with E-state index in [9.17, 15) is 14.7 Å². The van der Waals surface area contributed by atoms with Crippen LogP contribution in [0.1, 0.15) is 41.1 Å². The van der Waals surface area contributed by atoms with E-state index in [0.29, 0.717) is 51.5 Å². The number of nitrogens with zero attached hydrogens (tertiary/aromatic N) is 5. The zero-order chi connectivity index (χ0) is 22.8. The van der Waals surface area contributed by atoms with Crippen molar-refractivity contribution in [3.63, 3.8) is 0 Å². The summed E-state index contributed by atoms with van der Waals surface area (Å²) in [7, 11) is 0. The molecule has 0 saturated carbocycles. The van der Waals surface area contributed by atoms with Crippen LogP contribution in [0.15, 0.2) is 41.5 Å². The topological polar surface area (TPSA) is 133 Å². The molecule has 2 aliphatic rings. The Morgan fingerprint density at radius 2 is 2.03 bits per heavy atom. The zero-order valence-electron chi connectivity index (χ0n) is 17.9. The molecule has 0 atom stereocenters. The van der Waals surface area contributed by atoms with E-state index in [4.69, 9.17) is 9.47 Å². The van der Waals surface area contributed by atoms with E-state index in [1.54, 1.807) is 17.1 Å². The van der Waals surface area contributed by atoms with Gasteiger partial charge in [0.05, 0.1) is 18.1 Å². The molecule has 0 bridgehead atoms. The molecule has 2 aromatic heterocycles. The Morgan fingerprint density at radius 1 is 1.21 bits per heavy atom. The number of hydrogen-bond donors (Lipinski definition) is 2. The monoisotopic (exact) mass is 452 g/mol. The Morgan fingerprint density at radius 3 is 2.82 bits per heavy atom. The van der Waals surface area contributed by atoms with E-state index < -0.39 is 22.8 Å². The van der Waals surface area contributed by atoms with Crippen LogP contribution in [0.2, 0.25) is 0 Å². The van der Waals surface area contributed by atoms with Crippen molar-refractivity contribution in [1.29, 1.82) is 0 Å². The van der Waals surface area contributed by atoms with Crippen LogP contribution in [0.4, 0.5) is 0 Å². The lowest BCUT2D eigenvalue weighted by Gasteiger charge is -2.36. The van der Waals surface area contributed by atoms with Crippen molar-refractivity contribution in [2.24, 2.45) is 0 Å². The number of carbonyl (C=O) groups is 1. The highest BCUT2D eigenvalue weighted by Crippen LogP contribution is 2.37. The van der Waals surface area contributed by atoms with Crippen LogP contribution in [0.5, 0.6) is 5.75 Å². The lowest BCUT2D eigenvalue weighted by molar-refractivity contribution is -0.118. The first-order valence-electron chi connectivity index (χ1n) is 10.9. The lowest BCUT2D eigenvalue weighted by atomic mass is 9.92. The van der Waals surface area contributed by atoms with Crippen LogP contribution < -0.4 is 10.9 Å². The van der Waals surface area contributed by atoms with Gasteiger partial charge in [-0.2, -0.15) is 0 Å². The first-order chi connectivity index (χ1) is 16.1. The summed E-state index contributed by atoms with van der Waals surface area (Å²) in [4.78, 5) is 30.5. The van der Waals surface area contributed by atoms with Gasteiger partial charge in [0.2, 0.25) is 5.75 Å². The molecule has 3 aromatic rings. The van der Waals surface area contributed by atoms with Gasteiger partial charge in [-0.3, -0.25) is 14.2 Å². The smallest absolute Gasteiger partial charge is 0.296 e. The molecular formula is C22H24N6O5. The molecule has 1 fully saturated rings. The molecule has 0 aliphatic carbocycles.